The van der Waals surface area contributed by atoms with Crippen LogP contribution in [-0.2, 0) is 23.6 Å². The number of hydrogen-bond acceptors (Lipinski definition) is 6. The third-order valence-electron chi connectivity index (χ3n) is 10.9. The van der Waals surface area contributed by atoms with Gasteiger partial charge in [-0.1, -0.05) is 29.8 Å². The Labute approximate surface area is 288 Å². The molecular weight excluding hydrogens is 660 g/mol. The quantitative estimate of drug-likeness (QED) is 0.216. The van der Waals surface area contributed by atoms with Gasteiger partial charge < -0.3 is 15.2 Å². The molecule has 252 valence electrons. The lowest BCUT2D eigenvalue weighted by Gasteiger charge is -2.27. The molecule has 0 radical (unpaired) electrons. The number of pyridine rings is 1. The lowest BCUT2D eigenvalue weighted by molar-refractivity contribution is 0.0700. The molecule has 11 nitrogen and oxygen atoms in total. The van der Waals surface area contributed by atoms with E-state index >= 15 is 0 Å². The molecule has 4 aromatic heterocycles. The minimum absolute atomic E-state index is 0.0265. The molecule has 3 aliphatic rings. The van der Waals surface area contributed by atoms with Crippen LogP contribution in [0.2, 0.25) is 5.02 Å². The molecule has 9 rings (SSSR count). The summed E-state index contributed by atoms with van der Waals surface area (Å²) in [5.41, 5.74) is 14.7. The van der Waals surface area contributed by atoms with Gasteiger partial charge in [-0.3, -0.25) is 14.2 Å². The second kappa shape index (κ2) is 10.8. The van der Waals surface area contributed by atoms with Crippen LogP contribution in [0, 0.1) is 18.8 Å². The maximum absolute atomic E-state index is 13.6. The summed E-state index contributed by atoms with van der Waals surface area (Å²) >= 11 is 6.62. The normalized spacial score (nSPS) is 20.8. The van der Waals surface area contributed by atoms with E-state index in [1.54, 1.807) is 17.8 Å². The molecule has 13 heteroatoms. The zero-order valence-electron chi connectivity index (χ0n) is 27.5. The molecule has 49 heavy (non-hydrogen) atoms. The number of amides is 1. The molecular formula is C36H37ClN8O3S. The van der Waals surface area contributed by atoms with Gasteiger partial charge in [0.15, 0.2) is 5.82 Å². The molecule has 2 aliphatic carbocycles. The van der Waals surface area contributed by atoms with Crippen LogP contribution in [0.15, 0.2) is 54.7 Å². The summed E-state index contributed by atoms with van der Waals surface area (Å²) in [6, 6.07) is 16.5. The van der Waals surface area contributed by atoms with Crippen LogP contribution in [-0.4, -0.2) is 68.1 Å². The van der Waals surface area contributed by atoms with Crippen molar-refractivity contribution in [2.24, 2.45) is 24.6 Å². The number of hydrogen-bond donors (Lipinski definition) is 2. The van der Waals surface area contributed by atoms with Gasteiger partial charge in [0, 0.05) is 60.4 Å². The average molecular weight is 697 g/mol. The van der Waals surface area contributed by atoms with Gasteiger partial charge in [-0.25, -0.2) is 12.9 Å². The number of nitrogens with zero attached hydrogens (tertiary/aromatic N) is 6. The van der Waals surface area contributed by atoms with Gasteiger partial charge >= 0.3 is 0 Å². The lowest BCUT2D eigenvalue weighted by atomic mass is 10.0. The fraction of sp³-hybridized carbons (Fsp3) is 0.361. The third-order valence-corrected chi connectivity index (χ3v) is 11.7. The predicted octanol–water partition coefficient (Wildman–Crippen LogP) is 5.81. The smallest absolute Gasteiger partial charge is 0.255 e. The van der Waals surface area contributed by atoms with Gasteiger partial charge in [-0.2, -0.15) is 10.2 Å². The molecule has 1 aliphatic heterocycles. The number of fused-ring (bicyclic) bond motifs is 5. The van der Waals surface area contributed by atoms with Gasteiger partial charge in [0.05, 0.1) is 39.0 Å². The number of halogens is 1. The SMILES string of the molecule is Cc1c(-c2cc3ccc(-c4ccc(Cl)c5c(NS(C)(=O)=O)nn(C)c45)cc3n2CC2CC2)nn2cc(C(=O)N3CC4CCC3[C@@H]4N)ccc12. The second-order valence-corrected chi connectivity index (χ2v) is 16.3. The summed E-state index contributed by atoms with van der Waals surface area (Å²) in [6.07, 6.45) is 7.43. The Morgan fingerprint density at radius 3 is 2.57 bits per heavy atom. The number of aryl methyl sites for hydroxylation is 2. The fourth-order valence-corrected chi connectivity index (χ4v) is 8.96. The van der Waals surface area contributed by atoms with Gasteiger partial charge in [0.2, 0.25) is 10.0 Å². The Hall–Kier alpha value is -4.39. The molecule has 6 aromatic rings. The summed E-state index contributed by atoms with van der Waals surface area (Å²) in [7, 11) is -1.77. The number of nitrogens with two attached hydrogens (primary N) is 1. The minimum atomic E-state index is -3.56. The number of nitrogens with one attached hydrogen (secondary N) is 1. The highest BCUT2D eigenvalue weighted by Crippen LogP contribution is 2.42. The predicted molar refractivity (Wildman–Crippen MR) is 192 cm³/mol. The van der Waals surface area contributed by atoms with Crippen molar-refractivity contribution < 1.29 is 13.2 Å². The number of carbonyl (C=O) groups excluding carboxylic acids is 1. The van der Waals surface area contributed by atoms with Gasteiger partial charge in [-0.15, -0.1) is 0 Å². The van der Waals surface area contributed by atoms with Gasteiger partial charge in [0.25, 0.3) is 5.91 Å². The maximum atomic E-state index is 13.6. The number of aromatic nitrogens is 5. The maximum Gasteiger partial charge on any atom is 0.255 e. The molecule has 3 atom stereocenters. The average Bonchev–Trinajstić information content (AvgIpc) is 3.25. The van der Waals surface area contributed by atoms with Crippen LogP contribution < -0.4 is 10.5 Å². The van der Waals surface area contributed by atoms with Crippen molar-refractivity contribution >= 4 is 60.7 Å². The van der Waals surface area contributed by atoms with Crippen LogP contribution in [0.1, 0.15) is 41.6 Å². The molecule has 2 unspecified atom stereocenters. The van der Waals surface area contributed by atoms with E-state index in [0.29, 0.717) is 27.8 Å². The monoisotopic (exact) mass is 696 g/mol. The van der Waals surface area contributed by atoms with Crippen LogP contribution in [0.4, 0.5) is 5.82 Å². The standard InChI is InChI=1S/C36H37ClN8O3S/c1-19-27-12-9-24(36(46)44-17-23-8-13-28(44)32(23)38)18-45(27)39-33(19)30-15-22-7-6-21(14-29(22)43(30)16-20-4-5-20)25-10-11-26(37)31-34(25)42(2)40-35(31)41-49(3,47)48/h6-7,9-12,14-15,18,20,23,28,32H,4-5,8,13,16-17,38H2,1-3H3,(H,40,41)/t23?,28?,32-/m1/s1. The summed E-state index contributed by atoms with van der Waals surface area (Å²) in [5.74, 6) is 1.23. The molecule has 1 amide bonds. The summed E-state index contributed by atoms with van der Waals surface area (Å²) in [5, 5.41) is 11.6. The first-order valence-corrected chi connectivity index (χ1v) is 19.0. The van der Waals surface area contributed by atoms with E-state index < -0.39 is 10.0 Å². The molecule has 0 spiro atoms. The molecule has 5 heterocycles. The molecule has 2 bridgehead atoms. The number of carbonyl (C=O) groups is 1. The Morgan fingerprint density at radius 2 is 1.86 bits per heavy atom. The number of anilines is 1. The largest absolute Gasteiger partial charge is 0.339 e. The zero-order valence-corrected chi connectivity index (χ0v) is 29.1. The third kappa shape index (κ3) is 4.94. The van der Waals surface area contributed by atoms with Gasteiger partial charge in [-0.05, 0) is 80.3 Å². The highest BCUT2D eigenvalue weighted by molar-refractivity contribution is 7.92. The molecule has 1 saturated heterocycles. The van der Waals surface area contributed by atoms with Crippen molar-refractivity contribution in [3.8, 4) is 22.5 Å². The summed E-state index contributed by atoms with van der Waals surface area (Å²) in [4.78, 5) is 15.6. The Kier molecular flexibility index (Phi) is 6.76. The molecule has 3 N–H and O–H groups in total. The van der Waals surface area contributed by atoms with E-state index in [1.807, 2.05) is 33.8 Å². The molecule has 3 fully saturated rings. The van der Waals surface area contributed by atoms with E-state index in [4.69, 9.17) is 22.4 Å². The van der Waals surface area contributed by atoms with Crippen LogP contribution in [0.25, 0.3) is 49.8 Å². The summed E-state index contributed by atoms with van der Waals surface area (Å²) < 4.78 is 32.6. The zero-order chi connectivity index (χ0) is 33.9. The van der Waals surface area contributed by atoms with Crippen LogP contribution in [0.3, 0.4) is 0 Å². The first kappa shape index (κ1) is 30.7. The van der Waals surface area contributed by atoms with E-state index in [1.165, 1.54) is 12.8 Å². The number of likely N-dealkylation sites (tertiary alicyclic amines) is 1. The number of piperidine rings is 1. The van der Waals surface area contributed by atoms with Crippen molar-refractivity contribution in [2.75, 3.05) is 17.5 Å². The Morgan fingerprint density at radius 1 is 1.04 bits per heavy atom. The molecule has 2 aromatic carbocycles. The fourth-order valence-electron chi connectivity index (χ4n) is 8.22. The number of rotatable bonds is 7. The van der Waals surface area contributed by atoms with Crippen molar-refractivity contribution in [3.63, 3.8) is 0 Å². The van der Waals surface area contributed by atoms with Crippen LogP contribution >= 0.6 is 11.6 Å². The van der Waals surface area contributed by atoms with E-state index in [9.17, 15) is 13.2 Å². The Balaban J connectivity index is 1.14. The lowest BCUT2D eigenvalue weighted by Crippen LogP contribution is -2.41. The second-order valence-electron chi connectivity index (χ2n) is 14.2. The van der Waals surface area contributed by atoms with E-state index in [2.05, 4.69) is 45.6 Å². The van der Waals surface area contributed by atoms with E-state index in [0.717, 1.165) is 82.2 Å². The Bertz CT molecular complexity index is 2480. The van der Waals surface area contributed by atoms with Crippen LogP contribution in [0.5, 0.6) is 0 Å². The van der Waals surface area contributed by atoms with Crippen molar-refractivity contribution in [1.82, 2.24) is 28.9 Å². The number of sulfonamides is 1. The first-order chi connectivity index (χ1) is 23.4. The van der Waals surface area contributed by atoms with Crippen molar-refractivity contribution in [1.29, 1.82) is 0 Å². The highest BCUT2D eigenvalue weighted by Gasteiger charge is 2.47. The summed E-state index contributed by atoms with van der Waals surface area (Å²) in [6.45, 7) is 3.70. The van der Waals surface area contributed by atoms with Crippen molar-refractivity contribution in [3.05, 3.63) is 70.9 Å². The topological polar surface area (TPSA) is 133 Å². The van der Waals surface area contributed by atoms with Gasteiger partial charge in [0.1, 0.15) is 5.69 Å². The van der Waals surface area contributed by atoms with E-state index in [-0.39, 0.29) is 23.8 Å². The highest BCUT2D eigenvalue weighted by atomic mass is 35.5. The first-order valence-electron chi connectivity index (χ1n) is 16.8. The van der Waals surface area contributed by atoms with Crippen molar-refractivity contribution in [2.45, 2.75) is 51.2 Å². The minimum Gasteiger partial charge on any atom is -0.339 e. The number of benzene rings is 2. The molecule has 2 saturated carbocycles.